The Hall–Kier alpha value is -2.32. The van der Waals surface area contributed by atoms with Crippen molar-refractivity contribution in [1.29, 1.82) is 0 Å². The number of hydrogen-bond donors (Lipinski definition) is 2. The number of nitro benzene ring substituents is 1. The van der Waals surface area contributed by atoms with Crippen molar-refractivity contribution >= 4 is 17.3 Å². The highest BCUT2D eigenvalue weighted by atomic mass is 19.4. The average molecular weight is 305 g/mol. The van der Waals surface area contributed by atoms with Crippen molar-refractivity contribution in [3.05, 3.63) is 33.9 Å². The van der Waals surface area contributed by atoms with E-state index >= 15 is 0 Å². The molecule has 2 N–H and O–H groups in total. The summed E-state index contributed by atoms with van der Waals surface area (Å²) in [5.41, 5.74) is -0.450. The maximum Gasteiger partial charge on any atom is 0.391 e. The van der Waals surface area contributed by atoms with Gasteiger partial charge in [-0.2, -0.15) is 13.2 Å². The Bertz CT molecular complexity index is 546. The molecule has 0 spiro atoms. The molecule has 0 saturated carbocycles. The number of nitro groups is 1. The summed E-state index contributed by atoms with van der Waals surface area (Å²) in [4.78, 5) is 22.1. The highest BCUT2D eigenvalue weighted by molar-refractivity contribution is 6.01. The monoisotopic (exact) mass is 305 g/mol. The third kappa shape index (κ3) is 4.62. The van der Waals surface area contributed by atoms with E-state index in [9.17, 15) is 28.1 Å². The summed E-state index contributed by atoms with van der Waals surface area (Å²) in [6.45, 7) is 1.21. The molecule has 0 radical (unpaired) electrons. The van der Waals surface area contributed by atoms with Gasteiger partial charge in [0.15, 0.2) is 0 Å². The minimum Gasteiger partial charge on any atom is -0.382 e. The third-order valence-electron chi connectivity index (χ3n) is 2.65. The minimum absolute atomic E-state index is 0.0424. The molecule has 0 aliphatic rings. The van der Waals surface area contributed by atoms with E-state index in [-0.39, 0.29) is 16.9 Å². The number of amides is 1. The largest absolute Gasteiger partial charge is 0.391 e. The first-order chi connectivity index (χ1) is 9.65. The highest BCUT2D eigenvalue weighted by Gasteiger charge is 2.31. The van der Waals surface area contributed by atoms with E-state index in [4.69, 9.17) is 0 Å². The van der Waals surface area contributed by atoms with E-state index in [2.05, 4.69) is 10.6 Å². The lowest BCUT2D eigenvalue weighted by atomic mass is 10.1. The zero-order chi connectivity index (χ0) is 16.2. The van der Waals surface area contributed by atoms with E-state index in [0.29, 0.717) is 0 Å². The number of hydrogen-bond acceptors (Lipinski definition) is 4. The summed E-state index contributed by atoms with van der Waals surface area (Å²) < 4.78 is 36.7. The Morgan fingerprint density at radius 1 is 1.43 bits per heavy atom. The number of anilines is 1. The van der Waals surface area contributed by atoms with Crippen LogP contribution in [0.3, 0.4) is 0 Å². The fourth-order valence-corrected chi connectivity index (χ4v) is 1.84. The van der Waals surface area contributed by atoms with Gasteiger partial charge in [-0.15, -0.1) is 0 Å². The molecule has 0 aromatic heterocycles. The van der Waals surface area contributed by atoms with E-state index in [1.54, 1.807) is 0 Å². The predicted molar refractivity (Wildman–Crippen MR) is 70.2 cm³/mol. The second kappa shape index (κ2) is 6.42. The van der Waals surface area contributed by atoms with Crippen molar-refractivity contribution < 1.29 is 22.9 Å². The molecule has 0 aliphatic carbocycles. The summed E-state index contributed by atoms with van der Waals surface area (Å²) in [7, 11) is 1.39. The number of rotatable bonds is 5. The molecule has 1 atom stereocenters. The van der Waals surface area contributed by atoms with Gasteiger partial charge in [0.2, 0.25) is 0 Å². The van der Waals surface area contributed by atoms with Gasteiger partial charge >= 0.3 is 6.18 Å². The zero-order valence-corrected chi connectivity index (χ0v) is 11.3. The van der Waals surface area contributed by atoms with Crippen LogP contribution < -0.4 is 10.6 Å². The fraction of sp³-hybridized carbons (Fsp3) is 0.417. The Morgan fingerprint density at radius 3 is 2.52 bits per heavy atom. The molecular formula is C12H14F3N3O3. The van der Waals surface area contributed by atoms with E-state index in [1.165, 1.54) is 32.2 Å². The van der Waals surface area contributed by atoms with Gasteiger partial charge in [-0.3, -0.25) is 14.9 Å². The first-order valence-electron chi connectivity index (χ1n) is 5.98. The summed E-state index contributed by atoms with van der Waals surface area (Å²) in [6, 6.07) is 2.65. The predicted octanol–water partition coefficient (Wildman–Crippen LogP) is 2.71. The van der Waals surface area contributed by atoms with Crippen LogP contribution in [0.2, 0.25) is 0 Å². The molecule has 1 unspecified atom stereocenters. The zero-order valence-electron chi connectivity index (χ0n) is 11.3. The van der Waals surface area contributed by atoms with Crippen molar-refractivity contribution in [2.75, 3.05) is 12.4 Å². The van der Waals surface area contributed by atoms with Crippen LogP contribution in [0.5, 0.6) is 0 Å². The minimum atomic E-state index is -4.40. The molecule has 21 heavy (non-hydrogen) atoms. The van der Waals surface area contributed by atoms with Gasteiger partial charge in [0, 0.05) is 19.2 Å². The number of carbonyl (C=O) groups excluding carboxylic acids is 1. The molecule has 0 saturated heterocycles. The molecule has 0 heterocycles. The van der Waals surface area contributed by atoms with Gasteiger partial charge in [-0.05, 0) is 13.0 Å². The second-order valence-electron chi connectivity index (χ2n) is 4.40. The van der Waals surface area contributed by atoms with Crippen LogP contribution in [-0.2, 0) is 0 Å². The normalized spacial score (nSPS) is 12.6. The maximum atomic E-state index is 12.2. The lowest BCUT2D eigenvalue weighted by molar-refractivity contribution is -0.384. The number of carbonyl (C=O) groups is 1. The van der Waals surface area contributed by atoms with Crippen LogP contribution in [0, 0.1) is 10.1 Å². The van der Waals surface area contributed by atoms with Crippen molar-refractivity contribution in [1.82, 2.24) is 5.32 Å². The number of halogens is 3. The van der Waals surface area contributed by atoms with Gasteiger partial charge in [-0.25, -0.2) is 0 Å². The number of benzene rings is 1. The Balaban J connectivity index is 2.98. The number of nitrogens with one attached hydrogen (secondary N) is 2. The van der Waals surface area contributed by atoms with Crippen molar-refractivity contribution in [2.24, 2.45) is 0 Å². The van der Waals surface area contributed by atoms with Crippen molar-refractivity contribution in [3.63, 3.8) is 0 Å². The standard InChI is InChI=1S/C12H14F3N3O3/c1-7(6-12(13,14)15)17-11(19)8-4-3-5-9(18(20)21)10(8)16-2/h3-5,7,16H,6H2,1-2H3,(H,17,19). The molecule has 0 aliphatic heterocycles. The lowest BCUT2D eigenvalue weighted by Crippen LogP contribution is -2.36. The smallest absolute Gasteiger partial charge is 0.382 e. The number of alkyl halides is 3. The van der Waals surface area contributed by atoms with E-state index in [0.717, 1.165) is 0 Å². The first-order valence-corrected chi connectivity index (χ1v) is 5.98. The third-order valence-corrected chi connectivity index (χ3v) is 2.65. The van der Waals surface area contributed by atoms with Gasteiger partial charge in [0.05, 0.1) is 16.9 Å². The number of para-hydroxylation sites is 1. The van der Waals surface area contributed by atoms with Crippen LogP contribution in [-0.4, -0.2) is 30.1 Å². The van der Waals surface area contributed by atoms with Crippen LogP contribution in [0.15, 0.2) is 18.2 Å². The Labute approximate surface area is 118 Å². The van der Waals surface area contributed by atoms with Crippen LogP contribution >= 0.6 is 0 Å². The molecule has 0 fully saturated rings. The van der Waals surface area contributed by atoms with Crippen LogP contribution in [0.1, 0.15) is 23.7 Å². The summed E-state index contributed by atoms with van der Waals surface area (Å²) >= 11 is 0. The van der Waals surface area contributed by atoms with Crippen molar-refractivity contribution in [3.8, 4) is 0 Å². The molecule has 1 aromatic rings. The van der Waals surface area contributed by atoms with E-state index < -0.39 is 29.5 Å². The topological polar surface area (TPSA) is 84.3 Å². The molecule has 1 aromatic carbocycles. The maximum absolute atomic E-state index is 12.2. The molecule has 1 amide bonds. The first kappa shape index (κ1) is 16.7. The summed E-state index contributed by atoms with van der Waals surface area (Å²) in [6.07, 6.45) is -5.58. The van der Waals surface area contributed by atoms with Gasteiger partial charge < -0.3 is 10.6 Å². The highest BCUT2D eigenvalue weighted by Crippen LogP contribution is 2.28. The number of nitrogens with zero attached hydrogens (tertiary/aromatic N) is 1. The van der Waals surface area contributed by atoms with E-state index in [1.807, 2.05) is 0 Å². The second-order valence-corrected chi connectivity index (χ2v) is 4.40. The van der Waals surface area contributed by atoms with Gasteiger partial charge in [-0.1, -0.05) is 6.07 Å². The Kier molecular flexibility index (Phi) is 5.12. The van der Waals surface area contributed by atoms with Crippen molar-refractivity contribution in [2.45, 2.75) is 25.6 Å². The molecule has 9 heteroatoms. The molecule has 116 valence electrons. The quantitative estimate of drug-likeness (QED) is 0.647. The molecular weight excluding hydrogens is 291 g/mol. The summed E-state index contributed by atoms with van der Waals surface area (Å²) in [5.74, 6) is -0.806. The van der Waals surface area contributed by atoms with Gasteiger partial charge in [0.1, 0.15) is 5.69 Å². The van der Waals surface area contributed by atoms with Crippen LogP contribution in [0.25, 0.3) is 0 Å². The summed E-state index contributed by atoms with van der Waals surface area (Å²) in [5, 5.41) is 15.5. The lowest BCUT2D eigenvalue weighted by Gasteiger charge is -2.17. The molecule has 6 nitrogen and oxygen atoms in total. The Morgan fingerprint density at radius 2 is 2.05 bits per heavy atom. The molecule has 0 bridgehead atoms. The molecule has 1 rings (SSSR count). The fourth-order valence-electron chi connectivity index (χ4n) is 1.84. The van der Waals surface area contributed by atoms with Gasteiger partial charge in [0.25, 0.3) is 11.6 Å². The van der Waals surface area contributed by atoms with Crippen LogP contribution in [0.4, 0.5) is 24.5 Å². The average Bonchev–Trinajstić information content (AvgIpc) is 2.34. The SMILES string of the molecule is CNc1c(C(=O)NC(C)CC(F)(F)F)cccc1[N+](=O)[O-].